The third kappa shape index (κ3) is 8.24. The Kier molecular flexibility index (Phi) is 13.6. The number of ketones is 1. The number of ether oxygens (including phenoxy) is 7. The minimum absolute atomic E-state index is 0.0102. The molecule has 4 aliphatic carbocycles. The van der Waals surface area contributed by atoms with Crippen molar-refractivity contribution in [2.45, 2.75) is 198 Å². The summed E-state index contributed by atoms with van der Waals surface area (Å²) in [7, 11) is 0. The van der Waals surface area contributed by atoms with Crippen LogP contribution in [0.4, 0.5) is 0 Å². The molecule has 8 N–H and O–H groups in total. The van der Waals surface area contributed by atoms with Gasteiger partial charge < -0.3 is 74.0 Å². The van der Waals surface area contributed by atoms with Gasteiger partial charge in [-0.25, -0.2) is 0 Å². The molecule has 0 bridgehead atoms. The molecule has 23 unspecified atom stereocenters. The second kappa shape index (κ2) is 17.9. The first-order valence-corrected chi connectivity index (χ1v) is 23.0. The monoisotopic (exact) mass is 868 g/mol. The van der Waals surface area contributed by atoms with Crippen LogP contribution in [0.1, 0.15) is 99.3 Å². The molecule has 0 aromatic heterocycles. The van der Waals surface area contributed by atoms with E-state index in [0.717, 1.165) is 38.5 Å². The van der Waals surface area contributed by atoms with Crippen LogP contribution in [0, 0.1) is 52.3 Å². The van der Waals surface area contributed by atoms with Gasteiger partial charge in [0.25, 0.3) is 0 Å². The predicted molar refractivity (Wildman–Crippen MR) is 214 cm³/mol. The molecule has 16 nitrogen and oxygen atoms in total. The molecule has 3 saturated carbocycles. The van der Waals surface area contributed by atoms with Gasteiger partial charge in [-0.05, 0) is 105 Å². The van der Waals surface area contributed by atoms with Crippen LogP contribution in [0.25, 0.3) is 0 Å². The van der Waals surface area contributed by atoms with Crippen LogP contribution in [-0.4, -0.2) is 158 Å². The molecule has 4 heterocycles. The summed E-state index contributed by atoms with van der Waals surface area (Å²) in [4.78, 5) is 14.3. The smallest absolute Gasteiger partial charge is 0.187 e. The molecule has 7 fully saturated rings. The van der Waals surface area contributed by atoms with E-state index in [2.05, 4.69) is 27.7 Å². The van der Waals surface area contributed by atoms with Crippen LogP contribution in [0.15, 0.2) is 11.6 Å². The Hall–Kier alpha value is -1.19. The van der Waals surface area contributed by atoms with E-state index in [1.807, 2.05) is 6.08 Å². The van der Waals surface area contributed by atoms with Crippen LogP contribution in [0.3, 0.4) is 0 Å². The predicted octanol–water partition coefficient (Wildman–Crippen LogP) is 1.29. The largest absolute Gasteiger partial charge is 0.394 e. The van der Waals surface area contributed by atoms with Gasteiger partial charge in [0.05, 0.1) is 37.6 Å². The number of carbonyl (C=O) groups is 1. The van der Waals surface area contributed by atoms with Gasteiger partial charge >= 0.3 is 0 Å². The molecular formula is C45H72O16. The summed E-state index contributed by atoms with van der Waals surface area (Å²) in [6.45, 7) is 11.7. The zero-order valence-electron chi connectivity index (χ0n) is 36.5. The van der Waals surface area contributed by atoms with Gasteiger partial charge in [-0.2, -0.15) is 0 Å². The minimum atomic E-state index is -1.66. The third-order valence-electron chi connectivity index (χ3n) is 17.2. The van der Waals surface area contributed by atoms with Crippen molar-refractivity contribution in [1.29, 1.82) is 0 Å². The van der Waals surface area contributed by atoms with Crippen molar-refractivity contribution in [3.05, 3.63) is 11.6 Å². The summed E-state index contributed by atoms with van der Waals surface area (Å²) < 4.78 is 42.7. The lowest BCUT2D eigenvalue weighted by molar-refractivity contribution is -0.363. The van der Waals surface area contributed by atoms with Gasteiger partial charge in [0, 0.05) is 17.8 Å². The number of aliphatic hydroxyl groups is 8. The van der Waals surface area contributed by atoms with E-state index in [1.165, 1.54) is 5.57 Å². The second-order valence-corrected chi connectivity index (χ2v) is 20.7. The van der Waals surface area contributed by atoms with Crippen molar-refractivity contribution in [3.8, 4) is 0 Å². The SMILES string of the molecule is CC1OC(O[C@@H]2O[C@H](C(C)C3CCC4C5=CC(=O)C6CC(OC7OC(CO)C(O)C(O)C7OC7OCC(O)C(O)C7O)CCC6(C)C5CCC43C)CCC2C)C(O)C(C)C1O. The highest BCUT2D eigenvalue weighted by molar-refractivity contribution is 5.94. The fraction of sp³-hybridized carbons (Fsp3) is 0.933. The van der Waals surface area contributed by atoms with E-state index >= 15 is 0 Å². The summed E-state index contributed by atoms with van der Waals surface area (Å²) in [5.41, 5.74) is 0.980. The lowest BCUT2D eigenvalue weighted by atomic mass is 9.47. The minimum Gasteiger partial charge on any atom is -0.394 e. The van der Waals surface area contributed by atoms with E-state index in [-0.39, 0.29) is 58.9 Å². The fourth-order valence-corrected chi connectivity index (χ4v) is 13.2. The first-order valence-electron chi connectivity index (χ1n) is 23.0. The molecule has 0 radical (unpaired) electrons. The Morgan fingerprint density at radius 2 is 1.43 bits per heavy atom. The maximum atomic E-state index is 14.3. The van der Waals surface area contributed by atoms with Gasteiger partial charge in [-0.1, -0.05) is 40.2 Å². The van der Waals surface area contributed by atoms with E-state index in [9.17, 15) is 45.6 Å². The van der Waals surface area contributed by atoms with Crippen molar-refractivity contribution in [2.24, 2.45) is 52.3 Å². The van der Waals surface area contributed by atoms with E-state index in [1.54, 1.807) is 13.8 Å². The van der Waals surface area contributed by atoms with Crippen LogP contribution >= 0.6 is 0 Å². The van der Waals surface area contributed by atoms with Gasteiger partial charge in [0.2, 0.25) is 0 Å². The zero-order chi connectivity index (χ0) is 43.9. The van der Waals surface area contributed by atoms with Gasteiger partial charge in [0.1, 0.15) is 48.8 Å². The Balaban J connectivity index is 0.934. The highest BCUT2D eigenvalue weighted by atomic mass is 16.8. The number of hydrogen-bond acceptors (Lipinski definition) is 16. The number of hydrogen-bond donors (Lipinski definition) is 8. The molecule has 8 rings (SSSR count). The van der Waals surface area contributed by atoms with Crippen molar-refractivity contribution in [1.82, 2.24) is 0 Å². The molecule has 0 amide bonds. The lowest BCUT2D eigenvalue weighted by Crippen LogP contribution is -2.63. The molecule has 61 heavy (non-hydrogen) atoms. The first-order chi connectivity index (χ1) is 28.9. The van der Waals surface area contributed by atoms with Gasteiger partial charge in [0.15, 0.2) is 30.9 Å². The quantitative estimate of drug-likeness (QED) is 0.163. The topological polar surface area (TPSA) is 244 Å². The van der Waals surface area contributed by atoms with Crippen molar-refractivity contribution >= 4 is 5.78 Å². The Bertz CT molecular complexity index is 1580. The first kappa shape index (κ1) is 46.3. The Morgan fingerprint density at radius 3 is 2.16 bits per heavy atom. The molecule has 25 atom stereocenters. The molecule has 4 aliphatic heterocycles. The van der Waals surface area contributed by atoms with Crippen molar-refractivity contribution < 1.29 is 78.8 Å². The van der Waals surface area contributed by atoms with Crippen LogP contribution in [0.5, 0.6) is 0 Å². The highest BCUT2D eigenvalue weighted by Crippen LogP contribution is 2.67. The average Bonchev–Trinajstić information content (AvgIpc) is 3.59. The summed E-state index contributed by atoms with van der Waals surface area (Å²) in [6.07, 6.45) is -7.68. The van der Waals surface area contributed by atoms with Crippen molar-refractivity contribution in [2.75, 3.05) is 13.2 Å². The van der Waals surface area contributed by atoms with Crippen LogP contribution in [0.2, 0.25) is 0 Å². The van der Waals surface area contributed by atoms with E-state index in [0.29, 0.717) is 25.2 Å². The molecular weight excluding hydrogens is 796 g/mol. The molecule has 8 aliphatic rings. The van der Waals surface area contributed by atoms with Gasteiger partial charge in [-0.3, -0.25) is 4.79 Å². The fourth-order valence-electron chi connectivity index (χ4n) is 13.2. The number of fused-ring (bicyclic) bond motifs is 5. The Labute approximate surface area is 358 Å². The molecule has 0 aromatic carbocycles. The zero-order valence-corrected chi connectivity index (χ0v) is 36.5. The summed E-state index contributed by atoms with van der Waals surface area (Å²) in [5, 5.41) is 83.8. The summed E-state index contributed by atoms with van der Waals surface area (Å²) >= 11 is 0. The number of carbonyl (C=O) groups excluding carboxylic acids is 1. The summed E-state index contributed by atoms with van der Waals surface area (Å²) in [5.74, 6) is 0.627. The normalized spacial score (nSPS) is 54.6. The Morgan fingerprint density at radius 1 is 0.705 bits per heavy atom. The maximum Gasteiger partial charge on any atom is 0.187 e. The van der Waals surface area contributed by atoms with Crippen LogP contribution < -0.4 is 0 Å². The van der Waals surface area contributed by atoms with E-state index < -0.39 is 105 Å². The van der Waals surface area contributed by atoms with Crippen molar-refractivity contribution in [3.63, 3.8) is 0 Å². The number of rotatable bonds is 9. The number of allylic oxidation sites excluding steroid dienone is 2. The summed E-state index contributed by atoms with van der Waals surface area (Å²) in [6, 6.07) is 0. The molecule has 0 spiro atoms. The average molecular weight is 869 g/mol. The lowest BCUT2D eigenvalue weighted by Gasteiger charge is -2.57. The molecule has 16 heteroatoms. The molecule has 348 valence electrons. The van der Waals surface area contributed by atoms with Crippen LogP contribution in [-0.2, 0) is 38.0 Å². The maximum absolute atomic E-state index is 14.3. The molecule has 0 aromatic rings. The number of aliphatic hydroxyl groups excluding tert-OH is 8. The van der Waals surface area contributed by atoms with E-state index in [4.69, 9.17) is 33.2 Å². The van der Waals surface area contributed by atoms with Gasteiger partial charge in [-0.15, -0.1) is 0 Å². The second-order valence-electron chi connectivity index (χ2n) is 20.7. The molecule has 4 saturated heterocycles. The third-order valence-corrected chi connectivity index (χ3v) is 17.2. The highest BCUT2D eigenvalue weighted by Gasteiger charge is 2.61. The standard InChI is InChI=1S/C45H72O16/c1-19-7-10-31(58-40(19)61-42-34(50)21(3)33(49)22(4)56-42)20(2)25-8-9-26-24-16-29(47)28-15-23(11-13-45(28,6)27(24)12-14-44(25,26)5)57-43-39(37(53)36(52)32(17-46)59-43)60-41-38(54)35(51)30(48)18-55-41/h16,19-23,25-28,30-43,46,48-54H,7-15,17-18H2,1-6H3/t19?,20?,21?,22?,23?,25?,26?,27?,28?,30?,31-,32?,33?,34?,35?,36?,37?,38?,39?,40-,41?,42?,43?,44?,45?/m0/s1.